The van der Waals surface area contributed by atoms with Crippen molar-refractivity contribution in [3.05, 3.63) is 29.6 Å². The lowest BCUT2D eigenvalue weighted by Gasteiger charge is -2.12. The summed E-state index contributed by atoms with van der Waals surface area (Å²) in [4.78, 5) is 14.8. The molecule has 0 saturated heterocycles. The molecule has 0 radical (unpaired) electrons. The van der Waals surface area contributed by atoms with Crippen molar-refractivity contribution in [1.82, 2.24) is 10.3 Å². The van der Waals surface area contributed by atoms with E-state index in [1.807, 2.05) is 0 Å². The highest BCUT2D eigenvalue weighted by molar-refractivity contribution is 5.98. The maximum atomic E-state index is 12.5. The van der Waals surface area contributed by atoms with E-state index < -0.39 is 42.4 Å². The normalized spacial score (nSPS) is 12.5. The molecular formula is C10H8F6N2O. The van der Waals surface area contributed by atoms with Crippen LogP contribution < -0.4 is 5.32 Å². The molecule has 1 aromatic heterocycles. The highest BCUT2D eigenvalue weighted by atomic mass is 19.4. The number of aromatic nitrogens is 1. The predicted molar refractivity (Wildman–Crippen MR) is 52.5 cm³/mol. The van der Waals surface area contributed by atoms with Gasteiger partial charge in [0.05, 0.1) is 18.7 Å². The van der Waals surface area contributed by atoms with Crippen molar-refractivity contribution in [3.63, 3.8) is 0 Å². The average molecular weight is 286 g/mol. The zero-order valence-electron chi connectivity index (χ0n) is 9.27. The van der Waals surface area contributed by atoms with Crippen molar-refractivity contribution in [3.8, 4) is 0 Å². The van der Waals surface area contributed by atoms with Gasteiger partial charge in [-0.15, -0.1) is 0 Å². The Morgan fingerprint density at radius 2 is 1.84 bits per heavy atom. The molecule has 1 heterocycles. The molecule has 0 saturated carbocycles. The lowest BCUT2D eigenvalue weighted by Crippen LogP contribution is -2.33. The first-order chi connectivity index (χ1) is 8.61. The van der Waals surface area contributed by atoms with E-state index in [1.165, 1.54) is 0 Å². The SMILES string of the molecule is O=C(CNCC(F)(F)F)c1cnccc1C(F)(F)F. The highest BCUT2D eigenvalue weighted by Crippen LogP contribution is 2.31. The van der Waals surface area contributed by atoms with E-state index in [0.717, 1.165) is 6.20 Å². The summed E-state index contributed by atoms with van der Waals surface area (Å²) < 4.78 is 73.1. The predicted octanol–water partition coefficient (Wildman–Crippen LogP) is 2.44. The van der Waals surface area contributed by atoms with Gasteiger partial charge in [0.2, 0.25) is 0 Å². The van der Waals surface area contributed by atoms with Crippen molar-refractivity contribution in [2.45, 2.75) is 12.4 Å². The van der Waals surface area contributed by atoms with Gasteiger partial charge in [-0.1, -0.05) is 0 Å². The summed E-state index contributed by atoms with van der Waals surface area (Å²) in [5, 5.41) is 1.73. The number of ketones is 1. The van der Waals surface area contributed by atoms with Crippen molar-refractivity contribution in [2.24, 2.45) is 0 Å². The Morgan fingerprint density at radius 3 is 2.37 bits per heavy atom. The largest absolute Gasteiger partial charge is 0.417 e. The molecule has 0 amide bonds. The van der Waals surface area contributed by atoms with Gasteiger partial charge in [0.1, 0.15) is 0 Å². The van der Waals surface area contributed by atoms with Crippen LogP contribution in [0.25, 0.3) is 0 Å². The van der Waals surface area contributed by atoms with Crippen molar-refractivity contribution in [2.75, 3.05) is 13.1 Å². The minimum absolute atomic E-state index is 0.594. The second kappa shape index (κ2) is 5.55. The first-order valence-electron chi connectivity index (χ1n) is 4.93. The number of carbonyl (C=O) groups is 1. The summed E-state index contributed by atoms with van der Waals surface area (Å²) in [7, 11) is 0. The quantitative estimate of drug-likeness (QED) is 0.683. The van der Waals surface area contributed by atoms with Gasteiger partial charge in [0, 0.05) is 18.0 Å². The standard InChI is InChI=1S/C10H8F6N2O/c11-9(12,13)5-18-4-8(19)6-3-17-2-1-7(6)10(14,15)16/h1-3,18H,4-5H2. The number of hydrogen-bond acceptors (Lipinski definition) is 3. The molecule has 3 nitrogen and oxygen atoms in total. The minimum Gasteiger partial charge on any atom is -0.302 e. The van der Waals surface area contributed by atoms with Crippen molar-refractivity contribution in [1.29, 1.82) is 0 Å². The minimum atomic E-state index is -4.77. The molecule has 9 heteroatoms. The zero-order chi connectivity index (χ0) is 14.7. The molecular weight excluding hydrogens is 278 g/mol. The van der Waals surface area contributed by atoms with E-state index in [1.54, 1.807) is 5.32 Å². The number of carbonyl (C=O) groups excluding carboxylic acids is 1. The van der Waals surface area contributed by atoms with Crippen LogP contribution in [-0.2, 0) is 6.18 Å². The molecule has 0 fully saturated rings. The number of alkyl halides is 6. The van der Waals surface area contributed by atoms with E-state index >= 15 is 0 Å². The van der Waals surface area contributed by atoms with Gasteiger partial charge >= 0.3 is 12.4 Å². The lowest BCUT2D eigenvalue weighted by atomic mass is 10.1. The zero-order valence-corrected chi connectivity index (χ0v) is 9.27. The molecule has 106 valence electrons. The number of nitrogens with one attached hydrogen (secondary N) is 1. The van der Waals surface area contributed by atoms with Crippen LogP contribution in [0, 0.1) is 0 Å². The van der Waals surface area contributed by atoms with Crippen LogP contribution in [-0.4, -0.2) is 30.0 Å². The Kier molecular flexibility index (Phi) is 4.51. The number of rotatable bonds is 4. The number of pyridine rings is 1. The van der Waals surface area contributed by atoms with Gasteiger partial charge in [-0.2, -0.15) is 26.3 Å². The fourth-order valence-corrected chi connectivity index (χ4v) is 1.28. The van der Waals surface area contributed by atoms with Gasteiger partial charge < -0.3 is 5.32 Å². The molecule has 0 bridgehead atoms. The van der Waals surface area contributed by atoms with Crippen LogP contribution in [0.1, 0.15) is 15.9 Å². The first kappa shape index (κ1) is 15.4. The molecule has 1 N–H and O–H groups in total. The second-order valence-electron chi connectivity index (χ2n) is 3.56. The van der Waals surface area contributed by atoms with Crippen LogP contribution in [0.5, 0.6) is 0 Å². The van der Waals surface area contributed by atoms with Gasteiger partial charge in [-0.25, -0.2) is 0 Å². The second-order valence-corrected chi connectivity index (χ2v) is 3.56. The lowest BCUT2D eigenvalue weighted by molar-refractivity contribution is -0.138. The summed E-state index contributed by atoms with van der Waals surface area (Å²) in [6.07, 6.45) is -7.77. The van der Waals surface area contributed by atoms with Gasteiger partial charge in [0.25, 0.3) is 0 Å². The Bertz CT molecular complexity index is 454. The Balaban J connectivity index is 2.78. The molecule has 1 rings (SSSR count). The highest BCUT2D eigenvalue weighted by Gasteiger charge is 2.35. The van der Waals surface area contributed by atoms with Crippen LogP contribution >= 0.6 is 0 Å². The van der Waals surface area contributed by atoms with Gasteiger partial charge in [0.15, 0.2) is 5.78 Å². The van der Waals surface area contributed by atoms with E-state index in [-0.39, 0.29) is 0 Å². The molecule has 0 aliphatic heterocycles. The molecule has 0 spiro atoms. The van der Waals surface area contributed by atoms with Crippen LogP contribution in [0.4, 0.5) is 26.3 Å². The summed E-state index contributed by atoms with van der Waals surface area (Å²) in [6.45, 7) is -2.31. The monoisotopic (exact) mass is 286 g/mol. The van der Waals surface area contributed by atoms with Gasteiger partial charge in [-0.05, 0) is 6.07 Å². The maximum absolute atomic E-state index is 12.5. The van der Waals surface area contributed by atoms with Crippen LogP contribution in [0.15, 0.2) is 18.5 Å². The number of Topliss-reactive ketones (excluding diaryl/α,β-unsaturated/α-hetero) is 1. The van der Waals surface area contributed by atoms with E-state index in [4.69, 9.17) is 0 Å². The summed E-state index contributed by atoms with van der Waals surface area (Å²) in [5.74, 6) is -1.11. The molecule has 1 aromatic rings. The number of nitrogens with zero attached hydrogens (tertiary/aromatic N) is 1. The molecule has 0 aromatic carbocycles. The maximum Gasteiger partial charge on any atom is 0.417 e. The average Bonchev–Trinajstić information content (AvgIpc) is 2.26. The topological polar surface area (TPSA) is 42.0 Å². The van der Waals surface area contributed by atoms with Gasteiger partial charge in [-0.3, -0.25) is 9.78 Å². The van der Waals surface area contributed by atoms with Crippen molar-refractivity contribution >= 4 is 5.78 Å². The third-order valence-electron chi connectivity index (χ3n) is 2.04. The summed E-state index contributed by atoms with van der Waals surface area (Å²) in [5.41, 5.74) is -1.98. The molecule has 19 heavy (non-hydrogen) atoms. The first-order valence-corrected chi connectivity index (χ1v) is 4.93. The molecule has 0 aliphatic carbocycles. The fraction of sp³-hybridized carbons (Fsp3) is 0.400. The third-order valence-corrected chi connectivity index (χ3v) is 2.04. The summed E-state index contributed by atoms with van der Waals surface area (Å²) in [6, 6.07) is 0.594. The molecule has 0 unspecified atom stereocenters. The van der Waals surface area contributed by atoms with Crippen LogP contribution in [0.2, 0.25) is 0 Å². The van der Waals surface area contributed by atoms with E-state index in [9.17, 15) is 31.1 Å². The van der Waals surface area contributed by atoms with Crippen LogP contribution in [0.3, 0.4) is 0 Å². The Hall–Kier alpha value is -1.64. The summed E-state index contributed by atoms with van der Waals surface area (Å²) >= 11 is 0. The smallest absolute Gasteiger partial charge is 0.302 e. The Morgan fingerprint density at radius 1 is 1.21 bits per heavy atom. The molecule has 0 aliphatic rings. The Labute approximate surface area is 103 Å². The number of hydrogen-bond donors (Lipinski definition) is 1. The van der Waals surface area contributed by atoms with E-state index in [0.29, 0.717) is 12.3 Å². The fourth-order valence-electron chi connectivity index (χ4n) is 1.28. The molecule has 0 atom stereocenters. The third kappa shape index (κ3) is 4.86. The van der Waals surface area contributed by atoms with E-state index in [2.05, 4.69) is 4.98 Å². The van der Waals surface area contributed by atoms with Crippen molar-refractivity contribution < 1.29 is 31.1 Å². The number of halogens is 6.